The van der Waals surface area contributed by atoms with E-state index in [1.165, 1.54) is 11.3 Å². The van der Waals surface area contributed by atoms with Gasteiger partial charge >= 0.3 is 0 Å². The average molecular weight is 288 g/mol. The lowest BCUT2D eigenvalue weighted by Crippen LogP contribution is -2.49. The first-order valence-electron chi connectivity index (χ1n) is 8.03. The number of benzene rings is 1. The van der Waals surface area contributed by atoms with E-state index in [9.17, 15) is 0 Å². The van der Waals surface area contributed by atoms with Crippen LogP contribution in [0.4, 0.5) is 5.69 Å². The predicted molar refractivity (Wildman–Crippen MR) is 87.7 cm³/mol. The van der Waals surface area contributed by atoms with Crippen LogP contribution in [0.5, 0.6) is 0 Å². The van der Waals surface area contributed by atoms with Gasteiger partial charge in [-0.2, -0.15) is 0 Å². The van der Waals surface area contributed by atoms with E-state index in [1.54, 1.807) is 0 Å². The third-order valence-corrected chi connectivity index (χ3v) is 5.40. The summed E-state index contributed by atoms with van der Waals surface area (Å²) in [4.78, 5) is 2.52. The number of nitrogens with zero attached hydrogens (tertiary/aromatic N) is 1. The lowest BCUT2D eigenvalue weighted by atomic mass is 9.82. The standard InChI is InChI=1S/C18H28N2O/c1-12-10-13-8-6-7-9-15(13)20(12)11-14-16(19)18(4,5)21-17(14,2)3/h6-9,12,14,16H,10-11,19H2,1-5H3. The van der Waals surface area contributed by atoms with Crippen LogP contribution < -0.4 is 10.6 Å². The van der Waals surface area contributed by atoms with Crippen LogP contribution in [0.1, 0.15) is 40.2 Å². The van der Waals surface area contributed by atoms with Crippen LogP contribution in [0, 0.1) is 5.92 Å². The molecule has 2 aliphatic heterocycles. The number of hydrogen-bond acceptors (Lipinski definition) is 3. The maximum absolute atomic E-state index is 6.52. The highest BCUT2D eigenvalue weighted by molar-refractivity contribution is 5.59. The fourth-order valence-corrected chi connectivity index (χ4v) is 4.19. The molecular formula is C18H28N2O. The molecule has 0 aromatic heterocycles. The summed E-state index contributed by atoms with van der Waals surface area (Å²) in [5.41, 5.74) is 8.92. The van der Waals surface area contributed by atoms with Crippen LogP contribution in [0.3, 0.4) is 0 Å². The summed E-state index contributed by atoms with van der Waals surface area (Å²) in [5.74, 6) is 0.334. The molecule has 116 valence electrons. The monoisotopic (exact) mass is 288 g/mol. The minimum absolute atomic E-state index is 0.0625. The summed E-state index contributed by atoms with van der Waals surface area (Å²) < 4.78 is 6.24. The average Bonchev–Trinajstić information content (AvgIpc) is 2.76. The van der Waals surface area contributed by atoms with Gasteiger partial charge in [-0.25, -0.2) is 0 Å². The molecule has 1 aromatic carbocycles. The Kier molecular flexibility index (Phi) is 3.34. The van der Waals surface area contributed by atoms with Crippen molar-refractivity contribution in [3.8, 4) is 0 Å². The van der Waals surface area contributed by atoms with E-state index >= 15 is 0 Å². The molecule has 1 fully saturated rings. The van der Waals surface area contributed by atoms with Crippen molar-refractivity contribution in [1.82, 2.24) is 0 Å². The molecule has 0 bridgehead atoms. The molecule has 1 aromatic rings. The van der Waals surface area contributed by atoms with Gasteiger partial charge in [0.15, 0.2) is 0 Å². The lowest BCUT2D eigenvalue weighted by Gasteiger charge is -2.34. The van der Waals surface area contributed by atoms with Gasteiger partial charge in [-0.05, 0) is 52.7 Å². The van der Waals surface area contributed by atoms with E-state index in [0.717, 1.165) is 13.0 Å². The van der Waals surface area contributed by atoms with Crippen molar-refractivity contribution in [3.63, 3.8) is 0 Å². The third-order valence-electron chi connectivity index (χ3n) is 5.40. The summed E-state index contributed by atoms with van der Waals surface area (Å²) >= 11 is 0. The highest BCUT2D eigenvalue weighted by Crippen LogP contribution is 2.43. The molecule has 0 amide bonds. The molecule has 3 heteroatoms. The summed E-state index contributed by atoms with van der Waals surface area (Å²) in [6, 6.07) is 9.34. The molecule has 3 nitrogen and oxygen atoms in total. The molecular weight excluding hydrogens is 260 g/mol. The van der Waals surface area contributed by atoms with E-state index in [1.807, 2.05) is 0 Å². The number of rotatable bonds is 2. The van der Waals surface area contributed by atoms with Crippen molar-refractivity contribution >= 4 is 5.69 Å². The number of hydrogen-bond donors (Lipinski definition) is 1. The molecule has 2 N–H and O–H groups in total. The van der Waals surface area contributed by atoms with Crippen molar-refractivity contribution in [2.45, 2.75) is 64.3 Å². The second-order valence-electron chi connectivity index (χ2n) is 7.78. The number of nitrogens with two attached hydrogens (primary N) is 1. The van der Waals surface area contributed by atoms with Crippen LogP contribution >= 0.6 is 0 Å². The first kappa shape index (κ1) is 14.9. The number of anilines is 1. The minimum Gasteiger partial charge on any atom is -0.368 e. The first-order chi connectivity index (χ1) is 9.72. The van der Waals surface area contributed by atoms with Crippen LogP contribution in [-0.2, 0) is 11.2 Å². The molecule has 2 aliphatic rings. The first-order valence-corrected chi connectivity index (χ1v) is 8.03. The molecule has 0 saturated carbocycles. The third kappa shape index (κ3) is 2.36. The molecule has 0 aliphatic carbocycles. The maximum Gasteiger partial charge on any atom is 0.0788 e. The van der Waals surface area contributed by atoms with Crippen molar-refractivity contribution in [1.29, 1.82) is 0 Å². The summed E-state index contributed by atoms with van der Waals surface area (Å²) in [7, 11) is 0. The Balaban J connectivity index is 1.87. The second kappa shape index (κ2) is 4.72. The highest BCUT2D eigenvalue weighted by Gasteiger charge is 2.53. The topological polar surface area (TPSA) is 38.5 Å². The van der Waals surface area contributed by atoms with Crippen molar-refractivity contribution < 1.29 is 4.74 Å². The van der Waals surface area contributed by atoms with Gasteiger partial charge < -0.3 is 15.4 Å². The predicted octanol–water partition coefficient (Wildman–Crippen LogP) is 2.97. The Labute approximate surface area is 128 Å². The molecule has 3 rings (SSSR count). The van der Waals surface area contributed by atoms with Crippen LogP contribution in [0.2, 0.25) is 0 Å². The van der Waals surface area contributed by atoms with Crippen LogP contribution in [0.15, 0.2) is 24.3 Å². The highest BCUT2D eigenvalue weighted by atomic mass is 16.5. The zero-order valence-corrected chi connectivity index (χ0v) is 13.9. The summed E-state index contributed by atoms with van der Waals surface area (Å²) in [6.07, 6.45) is 1.13. The van der Waals surface area contributed by atoms with Gasteiger partial charge in [0.1, 0.15) is 0 Å². The van der Waals surface area contributed by atoms with E-state index in [4.69, 9.17) is 10.5 Å². The fourth-order valence-electron chi connectivity index (χ4n) is 4.19. The van der Waals surface area contributed by atoms with Gasteiger partial charge in [-0.1, -0.05) is 18.2 Å². The Morgan fingerprint density at radius 1 is 1.19 bits per heavy atom. The van der Waals surface area contributed by atoms with Gasteiger partial charge in [-0.15, -0.1) is 0 Å². The van der Waals surface area contributed by atoms with E-state index in [0.29, 0.717) is 12.0 Å². The van der Waals surface area contributed by atoms with Gasteiger partial charge in [0.05, 0.1) is 11.2 Å². The number of fused-ring (bicyclic) bond motifs is 1. The van der Waals surface area contributed by atoms with Crippen molar-refractivity contribution in [2.75, 3.05) is 11.4 Å². The maximum atomic E-state index is 6.52. The molecule has 0 spiro atoms. The van der Waals surface area contributed by atoms with Crippen LogP contribution in [-0.4, -0.2) is 29.8 Å². The Hall–Kier alpha value is -1.06. The molecule has 21 heavy (non-hydrogen) atoms. The number of para-hydroxylation sites is 1. The zero-order chi connectivity index (χ0) is 15.4. The smallest absolute Gasteiger partial charge is 0.0788 e. The quantitative estimate of drug-likeness (QED) is 0.909. The van der Waals surface area contributed by atoms with Gasteiger partial charge in [0, 0.05) is 30.2 Å². The minimum atomic E-state index is -0.253. The van der Waals surface area contributed by atoms with Gasteiger partial charge in [0.25, 0.3) is 0 Å². The Morgan fingerprint density at radius 3 is 2.48 bits per heavy atom. The fraction of sp³-hybridized carbons (Fsp3) is 0.667. The molecule has 0 radical (unpaired) electrons. The van der Waals surface area contributed by atoms with Crippen LogP contribution in [0.25, 0.3) is 0 Å². The Morgan fingerprint density at radius 2 is 1.86 bits per heavy atom. The van der Waals surface area contributed by atoms with Crippen molar-refractivity contribution in [3.05, 3.63) is 29.8 Å². The SMILES string of the molecule is CC1Cc2ccccc2N1CC1C(N)C(C)(C)OC1(C)C. The van der Waals surface area contributed by atoms with Crippen molar-refractivity contribution in [2.24, 2.45) is 11.7 Å². The van der Waals surface area contributed by atoms with Gasteiger partial charge in [0.2, 0.25) is 0 Å². The second-order valence-corrected chi connectivity index (χ2v) is 7.78. The lowest BCUT2D eigenvalue weighted by molar-refractivity contribution is -0.0757. The normalized spacial score (nSPS) is 33.2. The molecule has 3 unspecified atom stereocenters. The summed E-state index contributed by atoms with van der Waals surface area (Å²) in [5, 5.41) is 0. The summed E-state index contributed by atoms with van der Waals surface area (Å²) in [6.45, 7) is 11.9. The Bertz CT molecular complexity index is 538. The largest absolute Gasteiger partial charge is 0.368 e. The number of ether oxygens (including phenoxy) is 1. The van der Waals surface area contributed by atoms with Gasteiger partial charge in [-0.3, -0.25) is 0 Å². The van der Waals surface area contributed by atoms with E-state index in [2.05, 4.69) is 63.8 Å². The van der Waals surface area contributed by atoms with E-state index < -0.39 is 0 Å². The zero-order valence-electron chi connectivity index (χ0n) is 13.9. The molecule has 2 heterocycles. The molecule has 3 atom stereocenters. The van der Waals surface area contributed by atoms with E-state index in [-0.39, 0.29) is 17.2 Å². The molecule has 1 saturated heterocycles.